The van der Waals surface area contributed by atoms with Gasteiger partial charge in [0, 0.05) is 31.9 Å². The third kappa shape index (κ3) is 5.04. The fourth-order valence-electron chi connectivity index (χ4n) is 3.62. The van der Waals surface area contributed by atoms with E-state index in [2.05, 4.69) is 31.1 Å². The van der Waals surface area contributed by atoms with Crippen LogP contribution in [0.2, 0.25) is 0 Å². The Bertz CT molecular complexity index is 853. The Morgan fingerprint density at radius 1 is 1.24 bits per heavy atom. The maximum absolute atomic E-state index is 14.4. The Kier molecular flexibility index (Phi) is 6.26. The highest BCUT2D eigenvalue weighted by atomic mass is 19.1. The van der Waals surface area contributed by atoms with Crippen LogP contribution in [0.25, 0.3) is 11.3 Å². The minimum Gasteiger partial charge on any atom is -0.383 e. The highest BCUT2D eigenvalue weighted by Crippen LogP contribution is 2.25. The highest BCUT2D eigenvalue weighted by molar-refractivity contribution is 5.92. The first-order chi connectivity index (χ1) is 14.2. The van der Waals surface area contributed by atoms with Crippen molar-refractivity contribution >= 4 is 17.4 Å². The summed E-state index contributed by atoms with van der Waals surface area (Å²) in [6.45, 7) is 3.86. The molecule has 2 aromatic rings. The first-order valence-electron chi connectivity index (χ1n) is 10.0. The zero-order valence-corrected chi connectivity index (χ0v) is 16.2. The minimum absolute atomic E-state index is 0.0946. The normalized spacial score (nSPS) is 19.8. The van der Waals surface area contributed by atoms with Crippen LogP contribution in [0.3, 0.4) is 0 Å². The SMILES string of the molecule is O=C(Nc1cc(-c2cc(NCC3CCOCC3)cnn2)c(F)cn1)C1CCNC1. The van der Waals surface area contributed by atoms with Crippen molar-refractivity contribution in [3.05, 3.63) is 30.3 Å². The Morgan fingerprint density at radius 2 is 2.10 bits per heavy atom. The van der Waals surface area contributed by atoms with Crippen LogP contribution in [-0.4, -0.2) is 53.9 Å². The number of pyridine rings is 1. The summed E-state index contributed by atoms with van der Waals surface area (Å²) in [4.78, 5) is 16.3. The van der Waals surface area contributed by atoms with Crippen LogP contribution in [0.5, 0.6) is 0 Å². The minimum atomic E-state index is -0.513. The van der Waals surface area contributed by atoms with E-state index in [9.17, 15) is 9.18 Å². The molecule has 0 radical (unpaired) electrons. The molecule has 0 spiro atoms. The van der Waals surface area contributed by atoms with Gasteiger partial charge in [0.05, 0.1) is 29.7 Å². The van der Waals surface area contributed by atoms with Crippen molar-refractivity contribution in [3.63, 3.8) is 0 Å². The summed E-state index contributed by atoms with van der Waals surface area (Å²) in [6.07, 6.45) is 5.55. The molecule has 2 fully saturated rings. The number of nitrogens with one attached hydrogen (secondary N) is 3. The van der Waals surface area contributed by atoms with Gasteiger partial charge in [-0.2, -0.15) is 10.2 Å². The van der Waals surface area contributed by atoms with Gasteiger partial charge in [-0.25, -0.2) is 9.37 Å². The van der Waals surface area contributed by atoms with Crippen molar-refractivity contribution in [1.29, 1.82) is 0 Å². The van der Waals surface area contributed by atoms with Crippen LogP contribution in [0.15, 0.2) is 24.5 Å². The molecule has 3 N–H and O–H groups in total. The zero-order valence-electron chi connectivity index (χ0n) is 16.2. The van der Waals surface area contributed by atoms with Crippen LogP contribution < -0.4 is 16.0 Å². The first kappa shape index (κ1) is 19.7. The van der Waals surface area contributed by atoms with E-state index in [-0.39, 0.29) is 17.4 Å². The molecule has 4 heterocycles. The van der Waals surface area contributed by atoms with E-state index in [0.717, 1.165) is 57.4 Å². The second-order valence-corrected chi connectivity index (χ2v) is 7.49. The van der Waals surface area contributed by atoms with Gasteiger partial charge in [0.1, 0.15) is 5.82 Å². The van der Waals surface area contributed by atoms with Crippen molar-refractivity contribution in [2.75, 3.05) is 43.5 Å². The van der Waals surface area contributed by atoms with Crippen LogP contribution in [0, 0.1) is 17.7 Å². The molecule has 154 valence electrons. The molecule has 4 rings (SSSR count). The van der Waals surface area contributed by atoms with Crippen molar-refractivity contribution in [1.82, 2.24) is 20.5 Å². The van der Waals surface area contributed by atoms with Crippen LogP contribution in [0.4, 0.5) is 15.9 Å². The topological polar surface area (TPSA) is 101 Å². The van der Waals surface area contributed by atoms with Gasteiger partial charge in [-0.1, -0.05) is 0 Å². The Labute approximate surface area is 168 Å². The van der Waals surface area contributed by atoms with E-state index in [1.165, 1.54) is 6.07 Å². The molecule has 0 aliphatic carbocycles. The molecule has 2 aliphatic heterocycles. The number of hydrogen-bond acceptors (Lipinski definition) is 7. The second-order valence-electron chi connectivity index (χ2n) is 7.49. The van der Waals surface area contributed by atoms with Gasteiger partial charge < -0.3 is 20.7 Å². The van der Waals surface area contributed by atoms with Gasteiger partial charge in [0.25, 0.3) is 0 Å². The van der Waals surface area contributed by atoms with Gasteiger partial charge in [0.15, 0.2) is 5.82 Å². The summed E-state index contributed by atoms with van der Waals surface area (Å²) in [5.74, 6) is 0.132. The number of amides is 1. The summed E-state index contributed by atoms with van der Waals surface area (Å²) in [5.41, 5.74) is 1.42. The third-order valence-electron chi connectivity index (χ3n) is 5.40. The molecule has 2 saturated heterocycles. The molecule has 8 nitrogen and oxygen atoms in total. The molecule has 0 saturated carbocycles. The predicted octanol–water partition coefficient (Wildman–Crippen LogP) is 2.06. The van der Waals surface area contributed by atoms with Crippen molar-refractivity contribution < 1.29 is 13.9 Å². The number of anilines is 2. The zero-order chi connectivity index (χ0) is 20.1. The van der Waals surface area contributed by atoms with E-state index in [4.69, 9.17) is 4.74 Å². The summed E-state index contributed by atoms with van der Waals surface area (Å²) >= 11 is 0. The average molecular weight is 400 g/mol. The molecule has 1 atom stereocenters. The van der Waals surface area contributed by atoms with Crippen LogP contribution in [0.1, 0.15) is 19.3 Å². The lowest BCUT2D eigenvalue weighted by Gasteiger charge is -2.22. The quantitative estimate of drug-likeness (QED) is 0.682. The lowest BCUT2D eigenvalue weighted by Crippen LogP contribution is -2.25. The number of carbonyl (C=O) groups is 1. The Hall–Kier alpha value is -2.65. The van der Waals surface area contributed by atoms with E-state index < -0.39 is 5.82 Å². The third-order valence-corrected chi connectivity index (χ3v) is 5.40. The lowest BCUT2D eigenvalue weighted by atomic mass is 10.0. The predicted molar refractivity (Wildman–Crippen MR) is 107 cm³/mol. The van der Waals surface area contributed by atoms with Gasteiger partial charge in [-0.05, 0) is 43.9 Å². The van der Waals surface area contributed by atoms with Gasteiger partial charge in [0.2, 0.25) is 5.91 Å². The van der Waals surface area contributed by atoms with Gasteiger partial charge in [-0.3, -0.25) is 4.79 Å². The number of hydrogen-bond donors (Lipinski definition) is 3. The fourth-order valence-corrected chi connectivity index (χ4v) is 3.62. The molecular formula is C20H25FN6O2. The molecular weight excluding hydrogens is 375 g/mol. The number of ether oxygens (including phenoxy) is 1. The molecule has 2 aromatic heterocycles. The van der Waals surface area contributed by atoms with Crippen molar-refractivity contribution in [3.8, 4) is 11.3 Å². The average Bonchev–Trinajstić information content (AvgIpc) is 3.30. The molecule has 0 aromatic carbocycles. The smallest absolute Gasteiger partial charge is 0.229 e. The summed E-state index contributed by atoms with van der Waals surface area (Å²) in [6, 6.07) is 3.26. The van der Waals surface area contributed by atoms with E-state index in [1.807, 2.05) is 0 Å². The monoisotopic (exact) mass is 400 g/mol. The van der Waals surface area contributed by atoms with Crippen LogP contribution in [-0.2, 0) is 9.53 Å². The number of aromatic nitrogens is 3. The Balaban J connectivity index is 1.46. The molecule has 29 heavy (non-hydrogen) atoms. The molecule has 9 heteroatoms. The Morgan fingerprint density at radius 3 is 2.90 bits per heavy atom. The molecule has 1 amide bonds. The first-order valence-corrected chi connectivity index (χ1v) is 10.0. The largest absolute Gasteiger partial charge is 0.383 e. The number of nitrogens with zero attached hydrogens (tertiary/aromatic N) is 3. The fraction of sp³-hybridized carbons (Fsp3) is 0.500. The number of halogens is 1. The molecule has 2 aliphatic rings. The van der Waals surface area contributed by atoms with E-state index >= 15 is 0 Å². The number of carbonyl (C=O) groups excluding carboxylic acids is 1. The maximum Gasteiger partial charge on any atom is 0.229 e. The van der Waals surface area contributed by atoms with Gasteiger partial charge in [-0.15, -0.1) is 0 Å². The van der Waals surface area contributed by atoms with Crippen molar-refractivity contribution in [2.24, 2.45) is 11.8 Å². The van der Waals surface area contributed by atoms with E-state index in [0.29, 0.717) is 24.0 Å². The molecule has 0 bridgehead atoms. The lowest BCUT2D eigenvalue weighted by molar-refractivity contribution is -0.119. The van der Waals surface area contributed by atoms with Crippen molar-refractivity contribution in [2.45, 2.75) is 19.3 Å². The number of rotatable bonds is 6. The van der Waals surface area contributed by atoms with Crippen LogP contribution >= 0.6 is 0 Å². The highest BCUT2D eigenvalue weighted by Gasteiger charge is 2.23. The second kappa shape index (κ2) is 9.23. The standard InChI is InChI=1S/C20H25FN6O2/c21-17-12-24-19(26-20(28)14-1-4-22-10-14)8-16(17)18-7-15(11-25-27-18)23-9-13-2-5-29-6-3-13/h7-8,11-14,22H,1-6,9-10H2,(H,23,27)(H,24,26,28). The maximum atomic E-state index is 14.4. The molecule has 1 unspecified atom stereocenters. The summed E-state index contributed by atoms with van der Waals surface area (Å²) in [7, 11) is 0. The van der Waals surface area contributed by atoms with Gasteiger partial charge >= 0.3 is 0 Å². The summed E-state index contributed by atoms with van der Waals surface area (Å²) < 4.78 is 19.8. The van der Waals surface area contributed by atoms with E-state index in [1.54, 1.807) is 12.3 Å². The summed E-state index contributed by atoms with van der Waals surface area (Å²) in [5, 5.41) is 17.3.